The van der Waals surface area contributed by atoms with E-state index in [2.05, 4.69) is 42.7 Å². The molecule has 0 saturated carbocycles. The third-order valence-corrected chi connectivity index (χ3v) is 3.45. The molecule has 0 radical (unpaired) electrons. The first-order chi connectivity index (χ1) is 16.3. The van der Waals surface area contributed by atoms with Gasteiger partial charge in [-0.25, -0.2) is 14.4 Å². The van der Waals surface area contributed by atoms with Gasteiger partial charge in [0.2, 0.25) is 0 Å². The zero-order valence-corrected chi connectivity index (χ0v) is 22.1. The highest BCUT2D eigenvalue weighted by Gasteiger charge is 2.04. The van der Waals surface area contributed by atoms with Gasteiger partial charge in [-0.2, -0.15) is 0 Å². The molecule has 1 aromatic carbocycles. The molecule has 7 nitrogen and oxygen atoms in total. The number of benzene rings is 1. The lowest BCUT2D eigenvalue weighted by molar-refractivity contribution is -0.141. The highest BCUT2D eigenvalue weighted by molar-refractivity contribution is 5.87. The molecule has 35 heavy (non-hydrogen) atoms. The first kappa shape index (κ1) is 36.1. The molecule has 0 heterocycles. The standard InChI is InChI=1S/C8H14O2.C8H8.C7H12O3.C5H8O2/c1-4-5-6-10-8(9)7(2)3;1-2-8-6-4-3-5-7-8;1-5(2)7(9)10-4-6(3)8;1-4(2)5(6)7-3/h2,4-6H2,1,3H3;2-7H,1H2;6,8H,1,4H2,2-3H3;1H2,2-3H3. The maximum Gasteiger partial charge on any atom is 0.333 e. The molecular weight excluding hydrogens is 448 g/mol. The molecule has 0 saturated heterocycles. The van der Waals surface area contributed by atoms with Gasteiger partial charge in [0, 0.05) is 16.7 Å². The van der Waals surface area contributed by atoms with E-state index in [4.69, 9.17) is 9.84 Å². The molecule has 0 bridgehead atoms. The monoisotopic (exact) mass is 490 g/mol. The van der Waals surface area contributed by atoms with Gasteiger partial charge in [0.25, 0.3) is 0 Å². The zero-order chi connectivity index (χ0) is 27.8. The van der Waals surface area contributed by atoms with Crippen LogP contribution in [-0.4, -0.2) is 49.4 Å². The second-order valence-corrected chi connectivity index (χ2v) is 7.38. The molecule has 0 aliphatic carbocycles. The second kappa shape index (κ2) is 23.7. The van der Waals surface area contributed by atoms with E-state index in [-0.39, 0.29) is 18.5 Å². The van der Waals surface area contributed by atoms with Gasteiger partial charge < -0.3 is 19.3 Å². The zero-order valence-electron chi connectivity index (χ0n) is 22.1. The number of methoxy groups -OCH3 is 1. The van der Waals surface area contributed by atoms with Crippen molar-refractivity contribution in [1.29, 1.82) is 0 Å². The number of hydrogen-bond donors (Lipinski definition) is 1. The van der Waals surface area contributed by atoms with Gasteiger partial charge in [0.15, 0.2) is 0 Å². The van der Waals surface area contributed by atoms with Crippen LogP contribution in [0, 0.1) is 0 Å². The SMILES string of the molecule is C=C(C)C(=O)OC.C=C(C)C(=O)OCC(C)O.C=C(C)C(=O)OCCCC.C=Cc1ccccc1. The molecule has 196 valence electrons. The van der Waals surface area contributed by atoms with Gasteiger partial charge in [-0.3, -0.25) is 0 Å². The molecule has 1 unspecified atom stereocenters. The summed E-state index contributed by atoms with van der Waals surface area (Å²) >= 11 is 0. The fourth-order valence-electron chi connectivity index (χ4n) is 1.52. The predicted molar refractivity (Wildman–Crippen MR) is 141 cm³/mol. The fraction of sp³-hybridized carbons (Fsp3) is 0.393. The average molecular weight is 491 g/mol. The van der Waals surface area contributed by atoms with Crippen LogP contribution in [0.3, 0.4) is 0 Å². The molecule has 1 N–H and O–H groups in total. The Bertz CT molecular complexity index is 793. The van der Waals surface area contributed by atoms with Crippen molar-refractivity contribution in [1.82, 2.24) is 0 Å². The molecule has 0 aliphatic heterocycles. The van der Waals surface area contributed by atoms with Gasteiger partial charge in [0.1, 0.15) is 6.61 Å². The van der Waals surface area contributed by atoms with Crippen LogP contribution in [0.15, 0.2) is 73.4 Å². The number of ether oxygens (including phenoxy) is 3. The van der Waals surface area contributed by atoms with E-state index >= 15 is 0 Å². The summed E-state index contributed by atoms with van der Waals surface area (Å²) in [4.78, 5) is 31.5. The Morgan fingerprint density at radius 3 is 1.66 bits per heavy atom. The average Bonchev–Trinajstić information content (AvgIpc) is 2.83. The van der Waals surface area contributed by atoms with E-state index in [9.17, 15) is 14.4 Å². The highest BCUT2D eigenvalue weighted by Crippen LogP contribution is 1.97. The van der Waals surface area contributed by atoms with Crippen LogP contribution in [0.1, 0.15) is 53.0 Å². The van der Waals surface area contributed by atoms with Crippen LogP contribution >= 0.6 is 0 Å². The van der Waals surface area contributed by atoms with Crippen LogP contribution in [0.25, 0.3) is 6.08 Å². The summed E-state index contributed by atoms with van der Waals surface area (Å²) in [5.41, 5.74) is 2.42. The van der Waals surface area contributed by atoms with Gasteiger partial charge in [0.05, 0.1) is 19.8 Å². The van der Waals surface area contributed by atoms with Crippen molar-refractivity contribution in [3.63, 3.8) is 0 Å². The van der Waals surface area contributed by atoms with E-state index in [0.717, 1.165) is 12.8 Å². The van der Waals surface area contributed by atoms with Crippen molar-refractivity contribution in [2.75, 3.05) is 20.3 Å². The first-order valence-electron chi connectivity index (χ1n) is 11.1. The number of aliphatic hydroxyl groups excluding tert-OH is 1. The van der Waals surface area contributed by atoms with Crippen molar-refractivity contribution < 1.29 is 33.7 Å². The summed E-state index contributed by atoms with van der Waals surface area (Å²) in [5.74, 6) is -1.09. The van der Waals surface area contributed by atoms with E-state index < -0.39 is 12.1 Å². The van der Waals surface area contributed by atoms with Gasteiger partial charge in [-0.1, -0.05) is 76.1 Å². The summed E-state index contributed by atoms with van der Waals surface area (Å²) in [7, 11) is 1.33. The lowest BCUT2D eigenvalue weighted by Crippen LogP contribution is -2.15. The fourth-order valence-corrected chi connectivity index (χ4v) is 1.52. The minimum Gasteiger partial charge on any atom is -0.466 e. The smallest absolute Gasteiger partial charge is 0.333 e. The summed E-state index contributed by atoms with van der Waals surface area (Å²) in [6.07, 6.45) is 3.20. The van der Waals surface area contributed by atoms with Crippen LogP contribution in [0.2, 0.25) is 0 Å². The van der Waals surface area contributed by atoms with Gasteiger partial charge in [-0.15, -0.1) is 0 Å². The van der Waals surface area contributed by atoms with E-state index in [1.807, 2.05) is 36.4 Å². The number of esters is 3. The maximum atomic E-state index is 10.7. The Hall–Kier alpha value is -3.45. The molecule has 0 amide bonds. The lowest BCUT2D eigenvalue weighted by atomic mass is 10.2. The summed E-state index contributed by atoms with van der Waals surface area (Å²) in [6.45, 7) is 22.8. The molecule has 1 aromatic rings. The van der Waals surface area contributed by atoms with E-state index in [1.54, 1.807) is 27.7 Å². The van der Waals surface area contributed by atoms with Crippen LogP contribution in [0.4, 0.5) is 0 Å². The van der Waals surface area contributed by atoms with Gasteiger partial charge in [-0.05, 0) is 39.7 Å². The van der Waals surface area contributed by atoms with Crippen molar-refractivity contribution in [3.05, 3.63) is 78.9 Å². The van der Waals surface area contributed by atoms with Crippen LogP contribution in [-0.2, 0) is 28.6 Å². The van der Waals surface area contributed by atoms with Crippen molar-refractivity contribution in [2.24, 2.45) is 0 Å². The van der Waals surface area contributed by atoms with Gasteiger partial charge >= 0.3 is 17.9 Å². The quantitative estimate of drug-likeness (QED) is 0.212. The number of carbonyl (C=O) groups excluding carboxylic acids is 3. The maximum absolute atomic E-state index is 10.7. The molecule has 0 spiro atoms. The summed E-state index contributed by atoms with van der Waals surface area (Å²) in [5, 5.41) is 8.68. The first-order valence-corrected chi connectivity index (χ1v) is 11.1. The molecule has 1 rings (SSSR count). The Kier molecular flexibility index (Phi) is 24.5. The van der Waals surface area contributed by atoms with Crippen molar-refractivity contribution >= 4 is 24.0 Å². The molecule has 0 fully saturated rings. The van der Waals surface area contributed by atoms with E-state index in [0.29, 0.717) is 23.3 Å². The number of carbonyl (C=O) groups is 3. The van der Waals surface area contributed by atoms with Crippen LogP contribution < -0.4 is 0 Å². The third-order valence-electron chi connectivity index (χ3n) is 3.45. The topological polar surface area (TPSA) is 99.1 Å². The Morgan fingerprint density at radius 1 is 0.914 bits per heavy atom. The molecular formula is C28H42O7. The minimum absolute atomic E-state index is 0.0334. The highest BCUT2D eigenvalue weighted by atomic mass is 16.5. The molecule has 0 aromatic heterocycles. The largest absolute Gasteiger partial charge is 0.466 e. The number of unbranched alkanes of at least 4 members (excludes halogenated alkanes) is 1. The lowest BCUT2D eigenvalue weighted by Gasteiger charge is -2.04. The predicted octanol–water partition coefficient (Wildman–Crippen LogP) is 5.46. The number of rotatable bonds is 9. The van der Waals surface area contributed by atoms with Crippen LogP contribution in [0.5, 0.6) is 0 Å². The summed E-state index contributed by atoms with van der Waals surface area (Å²) in [6, 6.07) is 10.0. The Balaban J connectivity index is -0.000000394. The minimum atomic E-state index is -0.608. The Labute approximate surface area is 210 Å². The second-order valence-electron chi connectivity index (χ2n) is 7.38. The Morgan fingerprint density at radius 2 is 1.37 bits per heavy atom. The van der Waals surface area contributed by atoms with E-state index in [1.165, 1.54) is 12.7 Å². The normalized spacial score (nSPS) is 9.57. The third kappa shape index (κ3) is 26.7. The number of hydrogen-bond acceptors (Lipinski definition) is 7. The molecule has 1 atom stereocenters. The summed E-state index contributed by atoms with van der Waals surface area (Å²) < 4.78 is 13.7. The molecule has 7 heteroatoms. The number of aliphatic hydroxyl groups is 1. The molecule has 0 aliphatic rings. The van der Waals surface area contributed by atoms with Crippen molar-refractivity contribution in [2.45, 2.75) is 53.6 Å². The van der Waals surface area contributed by atoms with Crippen molar-refractivity contribution in [3.8, 4) is 0 Å².